The number of hydrogen-bond acceptors (Lipinski definition) is 3. The van der Waals surface area contributed by atoms with Crippen molar-refractivity contribution in [3.05, 3.63) is 41.0 Å². The second kappa shape index (κ2) is 6.19. The van der Waals surface area contributed by atoms with Gasteiger partial charge in [-0.1, -0.05) is 0 Å². The van der Waals surface area contributed by atoms with E-state index < -0.39 is 5.92 Å². The van der Waals surface area contributed by atoms with Crippen molar-refractivity contribution in [3.8, 4) is 5.82 Å². The first-order valence-corrected chi connectivity index (χ1v) is 7.94. The van der Waals surface area contributed by atoms with E-state index in [0.717, 1.165) is 11.4 Å². The molecular weight excluding hydrogens is 312 g/mol. The molecule has 0 radical (unpaired) electrons. The molecule has 1 N–H and O–H groups in total. The van der Waals surface area contributed by atoms with Crippen LogP contribution < -0.4 is 5.32 Å². The first kappa shape index (κ1) is 16.4. The molecule has 1 aliphatic carbocycles. The van der Waals surface area contributed by atoms with Crippen LogP contribution in [0.5, 0.6) is 0 Å². The molecule has 2 aromatic rings. The van der Waals surface area contributed by atoms with Gasteiger partial charge in [0.05, 0.1) is 12.3 Å². The maximum atomic E-state index is 13.3. The Bertz CT molecular complexity index is 781. The zero-order chi connectivity index (χ0) is 17.3. The normalized spacial score (nSPS) is 17.5. The molecule has 1 fully saturated rings. The topological polar surface area (TPSA) is 47.1 Å². The largest absolute Gasteiger partial charge is 0.368 e. The van der Waals surface area contributed by atoms with Crippen LogP contribution in [0.25, 0.3) is 10.7 Å². The number of halogens is 2. The Morgan fingerprint density at radius 1 is 1.25 bits per heavy atom. The third-order valence-corrected chi connectivity index (χ3v) is 4.22. The number of nitrogens with one attached hydrogen (secondary N) is 1. The maximum absolute atomic E-state index is 13.3. The Labute approximate surface area is 139 Å². The Morgan fingerprint density at radius 3 is 2.54 bits per heavy atom. The lowest BCUT2D eigenvalue weighted by atomic mass is 9.92. The summed E-state index contributed by atoms with van der Waals surface area (Å²) in [4.78, 5) is 7.99. The fourth-order valence-electron chi connectivity index (χ4n) is 3.00. The van der Waals surface area contributed by atoms with Crippen molar-refractivity contribution in [1.29, 1.82) is 0 Å². The molecule has 0 saturated heterocycles. The molecule has 0 aliphatic heterocycles. The summed E-state index contributed by atoms with van der Waals surface area (Å²) in [7, 11) is 0. The molecule has 1 aliphatic rings. The molecule has 3 rings (SSSR count). The van der Waals surface area contributed by atoms with E-state index in [1.165, 1.54) is 0 Å². The quantitative estimate of drug-likeness (QED) is 0.847. The summed E-state index contributed by atoms with van der Waals surface area (Å²) < 4.78 is 28.2. The van der Waals surface area contributed by atoms with Crippen LogP contribution in [0.3, 0.4) is 0 Å². The lowest BCUT2D eigenvalue weighted by Crippen LogP contribution is -2.32. The maximum Gasteiger partial charge on any atom is 0.248 e. The average molecular weight is 331 g/mol. The highest BCUT2D eigenvalue weighted by molar-refractivity contribution is 5.58. The zero-order valence-corrected chi connectivity index (χ0v) is 13.7. The van der Waals surface area contributed by atoms with Gasteiger partial charge in [-0.05, 0) is 44.9 Å². The molecule has 0 aromatic carbocycles. The third kappa shape index (κ3) is 3.53. The number of hydrogen-bond donors (Lipinski definition) is 1. The molecule has 2 aromatic heterocycles. The van der Waals surface area contributed by atoms with E-state index in [4.69, 9.17) is 6.57 Å². The number of anilines is 1. The lowest BCUT2D eigenvalue weighted by Gasteiger charge is -2.29. The molecule has 7 heteroatoms. The molecule has 0 amide bonds. The summed E-state index contributed by atoms with van der Waals surface area (Å²) in [6, 6.07) is 5.20. The minimum atomic E-state index is -2.56. The van der Waals surface area contributed by atoms with Crippen LogP contribution in [0.1, 0.15) is 37.1 Å². The average Bonchev–Trinajstić information content (AvgIpc) is 2.88. The summed E-state index contributed by atoms with van der Waals surface area (Å²) in [6.45, 7) is 11.1. The van der Waals surface area contributed by atoms with Gasteiger partial charge in [0.2, 0.25) is 5.92 Å². The first-order valence-electron chi connectivity index (χ1n) is 7.94. The van der Waals surface area contributed by atoms with E-state index in [-0.39, 0.29) is 18.9 Å². The van der Waals surface area contributed by atoms with Gasteiger partial charge >= 0.3 is 0 Å². The highest BCUT2D eigenvalue weighted by Crippen LogP contribution is 2.34. The van der Waals surface area contributed by atoms with Gasteiger partial charge in [-0.3, -0.25) is 0 Å². The van der Waals surface area contributed by atoms with Crippen LogP contribution in [-0.4, -0.2) is 26.7 Å². The van der Waals surface area contributed by atoms with Crippen molar-refractivity contribution in [2.75, 3.05) is 5.32 Å². The second-order valence-electron chi connectivity index (χ2n) is 6.29. The Balaban J connectivity index is 1.85. The molecule has 5 nitrogen and oxygen atoms in total. The summed E-state index contributed by atoms with van der Waals surface area (Å²) in [5.41, 5.74) is 2.23. The Hall–Kier alpha value is -2.49. The predicted molar refractivity (Wildman–Crippen MR) is 87.9 cm³/mol. The fourth-order valence-corrected chi connectivity index (χ4v) is 3.00. The van der Waals surface area contributed by atoms with E-state index >= 15 is 0 Å². The van der Waals surface area contributed by atoms with Gasteiger partial charge in [0, 0.05) is 24.6 Å². The lowest BCUT2D eigenvalue weighted by molar-refractivity contribution is -0.0361. The number of alkyl halides is 2. The van der Waals surface area contributed by atoms with Gasteiger partial charge in [-0.2, -0.15) is 5.10 Å². The highest BCUT2D eigenvalue weighted by atomic mass is 19.3. The number of nitrogens with zero attached hydrogens (tertiary/aromatic N) is 4. The van der Waals surface area contributed by atoms with Crippen LogP contribution in [0.2, 0.25) is 0 Å². The molecule has 0 spiro atoms. The molecule has 0 unspecified atom stereocenters. The van der Waals surface area contributed by atoms with Gasteiger partial charge in [-0.25, -0.2) is 23.3 Å². The highest BCUT2D eigenvalue weighted by Gasteiger charge is 2.34. The van der Waals surface area contributed by atoms with Crippen molar-refractivity contribution in [2.45, 2.75) is 51.5 Å². The predicted octanol–water partition coefficient (Wildman–Crippen LogP) is 4.42. The summed E-state index contributed by atoms with van der Waals surface area (Å²) in [5, 5.41) is 7.59. The monoisotopic (exact) mass is 331 g/mol. The molecule has 0 atom stereocenters. The Kier molecular flexibility index (Phi) is 4.22. The van der Waals surface area contributed by atoms with Crippen LogP contribution in [-0.2, 0) is 0 Å². The van der Waals surface area contributed by atoms with E-state index in [0.29, 0.717) is 30.2 Å². The summed E-state index contributed by atoms with van der Waals surface area (Å²) >= 11 is 0. The molecule has 2 heterocycles. The van der Waals surface area contributed by atoms with Crippen molar-refractivity contribution in [2.24, 2.45) is 0 Å². The van der Waals surface area contributed by atoms with E-state index in [1.807, 2.05) is 19.9 Å². The van der Waals surface area contributed by atoms with Crippen molar-refractivity contribution >= 4 is 11.5 Å². The standard InChI is InChI=1S/C17H19F2N5/c1-11-8-12(2)24(23-11)16-10-14(20-3)9-15(22-16)21-13-4-6-17(18,19)7-5-13/h8-10,13H,4-7H2,1-2H3,(H,21,22). The van der Waals surface area contributed by atoms with Crippen LogP contribution in [0.4, 0.5) is 20.3 Å². The van der Waals surface area contributed by atoms with Crippen molar-refractivity contribution in [1.82, 2.24) is 14.8 Å². The van der Waals surface area contributed by atoms with Crippen molar-refractivity contribution in [3.63, 3.8) is 0 Å². The summed E-state index contributed by atoms with van der Waals surface area (Å²) in [5.74, 6) is -1.47. The van der Waals surface area contributed by atoms with Gasteiger partial charge < -0.3 is 5.32 Å². The molecule has 1 saturated carbocycles. The van der Waals surface area contributed by atoms with Crippen LogP contribution >= 0.6 is 0 Å². The Morgan fingerprint density at radius 2 is 1.96 bits per heavy atom. The van der Waals surface area contributed by atoms with Crippen LogP contribution in [0.15, 0.2) is 18.2 Å². The molecular formula is C17H19F2N5. The SMILES string of the molecule is [C-]#[N+]c1cc(NC2CCC(F)(F)CC2)nc(-n2nc(C)cc2C)c1. The fraction of sp³-hybridized carbons (Fsp3) is 0.471. The van der Waals surface area contributed by atoms with Gasteiger partial charge in [0.25, 0.3) is 0 Å². The van der Waals surface area contributed by atoms with Crippen molar-refractivity contribution < 1.29 is 8.78 Å². The van der Waals surface area contributed by atoms with Gasteiger partial charge in [-0.15, -0.1) is 0 Å². The smallest absolute Gasteiger partial charge is 0.248 e. The molecule has 0 bridgehead atoms. The second-order valence-corrected chi connectivity index (χ2v) is 6.29. The number of rotatable bonds is 3. The molecule has 126 valence electrons. The van der Waals surface area contributed by atoms with E-state index in [9.17, 15) is 8.78 Å². The summed E-state index contributed by atoms with van der Waals surface area (Å²) in [6.07, 6.45) is 0.563. The van der Waals surface area contributed by atoms with Crippen LogP contribution in [0, 0.1) is 20.4 Å². The first-order chi connectivity index (χ1) is 11.4. The van der Waals surface area contributed by atoms with E-state index in [2.05, 4.69) is 20.2 Å². The molecule has 24 heavy (non-hydrogen) atoms. The minimum Gasteiger partial charge on any atom is -0.368 e. The van der Waals surface area contributed by atoms with E-state index in [1.54, 1.807) is 16.8 Å². The van der Waals surface area contributed by atoms with Gasteiger partial charge in [0.1, 0.15) is 11.6 Å². The zero-order valence-electron chi connectivity index (χ0n) is 13.7. The van der Waals surface area contributed by atoms with Gasteiger partial charge in [0.15, 0.2) is 5.69 Å². The minimum absolute atomic E-state index is 0.0496. The number of aryl methyl sites for hydroxylation is 2. The number of aromatic nitrogens is 3. The third-order valence-electron chi connectivity index (χ3n) is 4.22. The number of pyridine rings is 1.